The quantitative estimate of drug-likeness (QED) is 0.836. The predicted molar refractivity (Wildman–Crippen MR) is 89.0 cm³/mol. The van der Waals surface area contributed by atoms with E-state index in [-0.39, 0.29) is 6.04 Å². The monoisotopic (exact) mass is 371 g/mol. The molecule has 0 bridgehead atoms. The molecule has 0 aliphatic heterocycles. The largest absolute Gasteiger partial charge is 0.493 e. The fraction of sp³-hybridized carbons (Fsp3) is 0.333. The van der Waals surface area contributed by atoms with Gasteiger partial charge in [-0.3, -0.25) is 0 Å². The predicted octanol–water partition coefficient (Wildman–Crippen LogP) is 3.85. The first-order chi connectivity index (χ1) is 10.2. The smallest absolute Gasteiger partial charge is 0.203 e. The van der Waals surface area contributed by atoms with Gasteiger partial charge in [0.1, 0.15) is 0 Å². The lowest BCUT2D eigenvalue weighted by Crippen LogP contribution is -2.17. The first-order valence-electron chi connectivity index (χ1n) is 6.35. The second-order valence-electron chi connectivity index (χ2n) is 4.36. The van der Waals surface area contributed by atoms with Gasteiger partial charge in [-0.05, 0) is 51.6 Å². The van der Waals surface area contributed by atoms with Crippen molar-refractivity contribution in [1.82, 2.24) is 5.32 Å². The van der Waals surface area contributed by atoms with Gasteiger partial charge in [0.05, 0.1) is 27.4 Å². The summed E-state index contributed by atoms with van der Waals surface area (Å²) in [6.07, 6.45) is 0. The molecular weight excluding hydrogens is 354 g/mol. The van der Waals surface area contributed by atoms with Gasteiger partial charge in [-0.25, -0.2) is 0 Å². The third-order valence-corrected chi connectivity index (χ3v) is 5.01. The van der Waals surface area contributed by atoms with Crippen molar-refractivity contribution in [3.05, 3.63) is 38.5 Å². The van der Waals surface area contributed by atoms with Crippen LogP contribution in [0.15, 0.2) is 27.4 Å². The van der Waals surface area contributed by atoms with Crippen molar-refractivity contribution in [3.8, 4) is 17.2 Å². The molecule has 4 nitrogen and oxygen atoms in total. The Bertz CT molecular complexity index is 590. The Morgan fingerprint density at radius 3 is 2.05 bits per heavy atom. The van der Waals surface area contributed by atoms with E-state index < -0.39 is 0 Å². The van der Waals surface area contributed by atoms with Crippen LogP contribution in [0.2, 0.25) is 0 Å². The average molecular weight is 372 g/mol. The number of nitrogens with one attached hydrogen (secondary N) is 1. The first-order valence-corrected chi connectivity index (χ1v) is 8.08. The Morgan fingerprint density at radius 1 is 1.05 bits per heavy atom. The van der Waals surface area contributed by atoms with Gasteiger partial charge in [-0.2, -0.15) is 11.3 Å². The summed E-state index contributed by atoms with van der Waals surface area (Å²) in [6.45, 7) is 0. The highest BCUT2D eigenvalue weighted by Crippen LogP contribution is 2.41. The Morgan fingerprint density at radius 2 is 1.67 bits per heavy atom. The van der Waals surface area contributed by atoms with Gasteiger partial charge >= 0.3 is 0 Å². The van der Waals surface area contributed by atoms with Crippen LogP contribution in [0.3, 0.4) is 0 Å². The second-order valence-corrected chi connectivity index (χ2v) is 5.95. The van der Waals surface area contributed by atoms with Gasteiger partial charge in [-0.15, -0.1) is 0 Å². The molecule has 0 aliphatic carbocycles. The van der Waals surface area contributed by atoms with E-state index in [1.165, 1.54) is 5.56 Å². The molecule has 6 heteroatoms. The summed E-state index contributed by atoms with van der Waals surface area (Å²) in [6, 6.07) is 3.97. The minimum Gasteiger partial charge on any atom is -0.493 e. The topological polar surface area (TPSA) is 39.7 Å². The molecule has 0 amide bonds. The third-order valence-electron chi connectivity index (χ3n) is 3.26. The Balaban J connectivity index is 2.54. The van der Waals surface area contributed by atoms with E-state index in [1.807, 2.05) is 19.2 Å². The summed E-state index contributed by atoms with van der Waals surface area (Å²) in [4.78, 5) is 0. The Labute approximate surface area is 137 Å². The van der Waals surface area contributed by atoms with Crippen LogP contribution in [0.4, 0.5) is 0 Å². The van der Waals surface area contributed by atoms with Crippen molar-refractivity contribution in [3.63, 3.8) is 0 Å². The highest BCUT2D eigenvalue weighted by molar-refractivity contribution is 9.10. The van der Waals surface area contributed by atoms with Crippen LogP contribution < -0.4 is 19.5 Å². The maximum absolute atomic E-state index is 5.42. The Kier molecular flexibility index (Phi) is 5.50. The highest BCUT2D eigenvalue weighted by atomic mass is 79.9. The fourth-order valence-corrected chi connectivity index (χ4v) is 3.82. The number of thiophene rings is 1. The summed E-state index contributed by atoms with van der Waals surface area (Å²) in [7, 11) is 6.77. The van der Waals surface area contributed by atoms with Gasteiger partial charge in [-0.1, -0.05) is 0 Å². The maximum Gasteiger partial charge on any atom is 0.203 e. The zero-order valence-corrected chi connectivity index (χ0v) is 14.8. The lowest BCUT2D eigenvalue weighted by molar-refractivity contribution is 0.323. The van der Waals surface area contributed by atoms with E-state index in [2.05, 4.69) is 32.0 Å². The summed E-state index contributed by atoms with van der Waals surface area (Å²) in [5.41, 5.74) is 2.22. The number of benzene rings is 1. The summed E-state index contributed by atoms with van der Waals surface area (Å²) in [5, 5.41) is 7.51. The molecule has 0 radical (unpaired) electrons. The molecular formula is C15H18BrNO3S. The fourth-order valence-electron chi connectivity index (χ4n) is 2.27. The SMILES string of the molecule is CNC(c1cc(OC)c(OC)c(OC)c1)c1cscc1Br. The van der Waals surface area contributed by atoms with Gasteiger partial charge in [0, 0.05) is 9.85 Å². The number of methoxy groups -OCH3 is 3. The van der Waals surface area contributed by atoms with Crippen molar-refractivity contribution in [2.24, 2.45) is 0 Å². The van der Waals surface area contributed by atoms with Gasteiger partial charge in [0.25, 0.3) is 0 Å². The molecule has 1 heterocycles. The van der Waals surface area contributed by atoms with Gasteiger partial charge < -0.3 is 19.5 Å². The van der Waals surface area contributed by atoms with Crippen LogP contribution in [-0.4, -0.2) is 28.4 Å². The lowest BCUT2D eigenvalue weighted by atomic mass is 10.0. The lowest BCUT2D eigenvalue weighted by Gasteiger charge is -2.20. The molecule has 2 aromatic rings. The molecule has 1 aromatic heterocycles. The molecule has 1 aromatic carbocycles. The molecule has 0 aliphatic rings. The minimum atomic E-state index is 0.0410. The van der Waals surface area contributed by atoms with Crippen molar-refractivity contribution in [2.75, 3.05) is 28.4 Å². The standard InChI is InChI=1S/C15H18BrNO3S/c1-17-14(10-7-21-8-11(10)16)9-5-12(18-2)15(20-4)13(6-9)19-3/h5-8,14,17H,1-4H3. The van der Waals surface area contributed by atoms with Crippen molar-refractivity contribution in [1.29, 1.82) is 0 Å². The molecule has 0 fully saturated rings. The molecule has 2 rings (SSSR count). The molecule has 1 atom stereocenters. The van der Waals surface area contributed by atoms with Crippen LogP contribution in [0.5, 0.6) is 17.2 Å². The summed E-state index contributed by atoms with van der Waals surface area (Å²) >= 11 is 5.25. The minimum absolute atomic E-state index is 0.0410. The van der Waals surface area contributed by atoms with E-state index in [9.17, 15) is 0 Å². The average Bonchev–Trinajstić information content (AvgIpc) is 2.93. The first kappa shape index (κ1) is 16.1. The van der Waals surface area contributed by atoms with E-state index in [0.717, 1.165) is 10.0 Å². The van der Waals surface area contributed by atoms with Crippen molar-refractivity contribution in [2.45, 2.75) is 6.04 Å². The summed E-state index contributed by atoms with van der Waals surface area (Å²) in [5.74, 6) is 1.90. The molecule has 0 saturated carbocycles. The van der Waals surface area contributed by atoms with Crippen molar-refractivity contribution >= 4 is 27.3 Å². The number of rotatable bonds is 6. The molecule has 1 N–H and O–H groups in total. The van der Waals surface area contributed by atoms with Crippen molar-refractivity contribution < 1.29 is 14.2 Å². The second kappa shape index (κ2) is 7.15. The number of hydrogen-bond donors (Lipinski definition) is 1. The number of hydrogen-bond acceptors (Lipinski definition) is 5. The van der Waals surface area contributed by atoms with Crippen LogP contribution in [0.25, 0.3) is 0 Å². The van der Waals surface area contributed by atoms with E-state index in [1.54, 1.807) is 32.7 Å². The van der Waals surface area contributed by atoms with Crippen LogP contribution in [0.1, 0.15) is 17.2 Å². The highest BCUT2D eigenvalue weighted by Gasteiger charge is 2.21. The molecule has 0 spiro atoms. The maximum atomic E-state index is 5.42. The van der Waals surface area contributed by atoms with E-state index >= 15 is 0 Å². The molecule has 0 saturated heterocycles. The Hall–Kier alpha value is -1.24. The number of ether oxygens (including phenoxy) is 3. The van der Waals surface area contributed by atoms with E-state index in [4.69, 9.17) is 14.2 Å². The van der Waals surface area contributed by atoms with Gasteiger partial charge in [0.15, 0.2) is 11.5 Å². The van der Waals surface area contributed by atoms with Crippen LogP contribution >= 0.6 is 27.3 Å². The van der Waals surface area contributed by atoms with Crippen LogP contribution in [0, 0.1) is 0 Å². The van der Waals surface area contributed by atoms with Crippen LogP contribution in [-0.2, 0) is 0 Å². The normalized spacial score (nSPS) is 12.0. The zero-order valence-electron chi connectivity index (χ0n) is 12.4. The molecule has 21 heavy (non-hydrogen) atoms. The van der Waals surface area contributed by atoms with Gasteiger partial charge in [0.2, 0.25) is 5.75 Å². The third kappa shape index (κ3) is 3.17. The zero-order chi connectivity index (χ0) is 15.4. The van der Waals surface area contributed by atoms with E-state index in [0.29, 0.717) is 17.2 Å². The molecule has 1 unspecified atom stereocenters. The summed E-state index contributed by atoms with van der Waals surface area (Å²) < 4.78 is 17.3. The number of halogens is 1. The molecule has 114 valence electrons.